The zero-order chi connectivity index (χ0) is 15.2. The van der Waals surface area contributed by atoms with Crippen LogP contribution < -0.4 is 10.1 Å². The van der Waals surface area contributed by atoms with Crippen molar-refractivity contribution in [1.82, 2.24) is 10.2 Å². The zero-order valence-corrected chi connectivity index (χ0v) is 12.4. The van der Waals surface area contributed by atoms with Gasteiger partial charge in [0, 0.05) is 6.20 Å². The van der Waals surface area contributed by atoms with Gasteiger partial charge in [-0.1, -0.05) is 30.3 Å². The van der Waals surface area contributed by atoms with Crippen LogP contribution in [0.1, 0.15) is 15.2 Å². The molecule has 2 heterocycles. The van der Waals surface area contributed by atoms with E-state index in [1.165, 1.54) is 11.3 Å². The number of ether oxygens (including phenoxy) is 1. The van der Waals surface area contributed by atoms with Gasteiger partial charge in [0.05, 0.1) is 0 Å². The molecule has 1 amide bonds. The highest BCUT2D eigenvalue weighted by molar-refractivity contribution is 7.12. The summed E-state index contributed by atoms with van der Waals surface area (Å²) in [5, 5.41) is 12.1. The van der Waals surface area contributed by atoms with Crippen molar-refractivity contribution in [3.63, 3.8) is 0 Å². The van der Waals surface area contributed by atoms with E-state index in [0.717, 1.165) is 5.56 Å². The first-order chi connectivity index (χ1) is 10.8. The molecule has 0 bridgehead atoms. The number of thiophene rings is 1. The van der Waals surface area contributed by atoms with Crippen molar-refractivity contribution in [2.75, 3.05) is 5.32 Å². The van der Waals surface area contributed by atoms with Crippen LogP contribution in [0.25, 0.3) is 0 Å². The number of nitrogens with one attached hydrogen (secondary N) is 1. The quantitative estimate of drug-likeness (QED) is 0.784. The normalized spacial score (nSPS) is 10.2. The molecule has 3 aromatic rings. The summed E-state index contributed by atoms with van der Waals surface area (Å²) in [6.45, 7) is 0.420. The molecule has 0 spiro atoms. The van der Waals surface area contributed by atoms with Crippen molar-refractivity contribution in [3.8, 4) is 5.75 Å². The molecule has 0 aliphatic heterocycles. The average molecular weight is 311 g/mol. The molecular formula is C16H13N3O2S. The highest BCUT2D eigenvalue weighted by Gasteiger charge is 2.15. The van der Waals surface area contributed by atoms with Crippen LogP contribution in [-0.2, 0) is 6.61 Å². The summed E-state index contributed by atoms with van der Waals surface area (Å²) < 4.78 is 5.74. The summed E-state index contributed by atoms with van der Waals surface area (Å²) >= 11 is 1.33. The molecule has 5 nitrogen and oxygen atoms in total. The lowest BCUT2D eigenvalue weighted by Crippen LogP contribution is -2.13. The van der Waals surface area contributed by atoms with Crippen LogP contribution in [0.5, 0.6) is 5.75 Å². The molecule has 0 aliphatic carbocycles. The Balaban J connectivity index is 1.68. The van der Waals surface area contributed by atoms with Crippen molar-refractivity contribution >= 4 is 23.1 Å². The largest absolute Gasteiger partial charge is 0.487 e. The second-order valence-electron chi connectivity index (χ2n) is 4.45. The van der Waals surface area contributed by atoms with E-state index in [2.05, 4.69) is 15.5 Å². The molecule has 0 unspecified atom stereocenters. The molecule has 0 atom stereocenters. The first-order valence-electron chi connectivity index (χ1n) is 6.66. The molecule has 3 rings (SSSR count). The minimum atomic E-state index is -0.251. The third-order valence-electron chi connectivity index (χ3n) is 2.89. The van der Waals surface area contributed by atoms with Gasteiger partial charge < -0.3 is 10.1 Å². The third-order valence-corrected chi connectivity index (χ3v) is 3.78. The number of aromatic nitrogens is 2. The number of anilines is 1. The maximum absolute atomic E-state index is 12.3. The number of carbonyl (C=O) groups is 1. The van der Waals surface area contributed by atoms with Crippen LogP contribution in [0.3, 0.4) is 0 Å². The van der Waals surface area contributed by atoms with Gasteiger partial charge in [0.25, 0.3) is 5.91 Å². The SMILES string of the molecule is O=C(Nc1cccnn1)c1sccc1OCc1ccccc1. The molecule has 0 saturated heterocycles. The predicted octanol–water partition coefficient (Wildman–Crippen LogP) is 3.37. The Hall–Kier alpha value is -2.73. The van der Waals surface area contributed by atoms with E-state index < -0.39 is 0 Å². The Morgan fingerprint density at radius 2 is 2.00 bits per heavy atom. The molecule has 0 saturated carbocycles. The van der Waals surface area contributed by atoms with Gasteiger partial charge in [-0.3, -0.25) is 4.79 Å². The number of hydrogen-bond acceptors (Lipinski definition) is 5. The summed E-state index contributed by atoms with van der Waals surface area (Å²) in [5.41, 5.74) is 1.05. The number of benzene rings is 1. The minimum absolute atomic E-state index is 0.251. The van der Waals surface area contributed by atoms with E-state index in [0.29, 0.717) is 23.1 Å². The van der Waals surface area contributed by atoms with Crippen LogP contribution in [0.15, 0.2) is 60.1 Å². The van der Waals surface area contributed by atoms with Crippen LogP contribution in [0.2, 0.25) is 0 Å². The summed E-state index contributed by atoms with van der Waals surface area (Å²) in [6, 6.07) is 15.0. The maximum atomic E-state index is 12.3. The van der Waals surface area contributed by atoms with Gasteiger partial charge in [-0.05, 0) is 29.1 Å². The molecule has 22 heavy (non-hydrogen) atoms. The monoisotopic (exact) mass is 311 g/mol. The van der Waals surface area contributed by atoms with Gasteiger partial charge >= 0.3 is 0 Å². The molecule has 1 N–H and O–H groups in total. The van der Waals surface area contributed by atoms with Gasteiger partial charge in [0.15, 0.2) is 5.82 Å². The van der Waals surface area contributed by atoms with E-state index in [4.69, 9.17) is 4.74 Å². The lowest BCUT2D eigenvalue weighted by molar-refractivity contribution is 0.102. The van der Waals surface area contributed by atoms with Gasteiger partial charge in [-0.15, -0.1) is 16.4 Å². The lowest BCUT2D eigenvalue weighted by atomic mass is 10.2. The fourth-order valence-corrected chi connectivity index (χ4v) is 2.58. The number of rotatable bonds is 5. The fourth-order valence-electron chi connectivity index (χ4n) is 1.85. The van der Waals surface area contributed by atoms with Crippen molar-refractivity contribution in [3.05, 3.63) is 70.5 Å². The van der Waals surface area contributed by atoms with Crippen LogP contribution >= 0.6 is 11.3 Å². The van der Waals surface area contributed by atoms with Crippen LogP contribution in [0, 0.1) is 0 Å². The average Bonchev–Trinajstić information content (AvgIpc) is 3.03. The Labute approximate surface area is 131 Å². The van der Waals surface area contributed by atoms with E-state index in [1.807, 2.05) is 35.7 Å². The Kier molecular flexibility index (Phi) is 4.41. The second kappa shape index (κ2) is 6.82. The number of hydrogen-bond donors (Lipinski definition) is 1. The molecule has 0 fully saturated rings. The van der Waals surface area contributed by atoms with Gasteiger partial charge in [-0.25, -0.2) is 0 Å². The Morgan fingerprint density at radius 3 is 2.77 bits per heavy atom. The topological polar surface area (TPSA) is 64.1 Å². The molecule has 6 heteroatoms. The molecule has 2 aromatic heterocycles. The second-order valence-corrected chi connectivity index (χ2v) is 5.37. The predicted molar refractivity (Wildman–Crippen MR) is 85.1 cm³/mol. The molecule has 0 aliphatic rings. The van der Waals surface area contributed by atoms with Crippen molar-refractivity contribution in [1.29, 1.82) is 0 Å². The van der Waals surface area contributed by atoms with E-state index in [-0.39, 0.29) is 5.91 Å². The highest BCUT2D eigenvalue weighted by atomic mass is 32.1. The zero-order valence-electron chi connectivity index (χ0n) is 11.6. The summed E-state index contributed by atoms with van der Waals surface area (Å²) in [5.74, 6) is 0.726. The van der Waals surface area contributed by atoms with Crippen molar-refractivity contribution in [2.45, 2.75) is 6.61 Å². The number of nitrogens with zero attached hydrogens (tertiary/aromatic N) is 2. The van der Waals surface area contributed by atoms with E-state index in [1.54, 1.807) is 24.4 Å². The standard InChI is InChI=1S/C16H13N3O2S/c20-16(18-14-7-4-9-17-19-14)15-13(8-10-22-15)21-11-12-5-2-1-3-6-12/h1-10H,11H2,(H,18,19,20). The first-order valence-corrected chi connectivity index (χ1v) is 7.54. The number of carbonyl (C=O) groups excluding carboxylic acids is 1. The molecule has 110 valence electrons. The fraction of sp³-hybridized carbons (Fsp3) is 0.0625. The Bertz CT molecular complexity index is 744. The summed E-state index contributed by atoms with van der Waals surface area (Å²) in [7, 11) is 0. The summed E-state index contributed by atoms with van der Waals surface area (Å²) in [6.07, 6.45) is 1.55. The number of amides is 1. The third kappa shape index (κ3) is 3.48. The molecular weight excluding hydrogens is 298 g/mol. The van der Waals surface area contributed by atoms with Gasteiger partial charge in [0.1, 0.15) is 17.2 Å². The lowest BCUT2D eigenvalue weighted by Gasteiger charge is -2.07. The van der Waals surface area contributed by atoms with Gasteiger partial charge in [-0.2, -0.15) is 5.10 Å². The van der Waals surface area contributed by atoms with Crippen molar-refractivity contribution in [2.24, 2.45) is 0 Å². The molecule has 1 aromatic carbocycles. The molecule has 0 radical (unpaired) electrons. The highest BCUT2D eigenvalue weighted by Crippen LogP contribution is 2.26. The smallest absolute Gasteiger partial charge is 0.270 e. The minimum Gasteiger partial charge on any atom is -0.487 e. The van der Waals surface area contributed by atoms with E-state index in [9.17, 15) is 4.79 Å². The Morgan fingerprint density at radius 1 is 1.14 bits per heavy atom. The van der Waals surface area contributed by atoms with Crippen LogP contribution in [-0.4, -0.2) is 16.1 Å². The van der Waals surface area contributed by atoms with Gasteiger partial charge in [0.2, 0.25) is 0 Å². The maximum Gasteiger partial charge on any atom is 0.270 e. The van der Waals surface area contributed by atoms with Crippen molar-refractivity contribution < 1.29 is 9.53 Å². The van der Waals surface area contributed by atoms with Crippen LogP contribution in [0.4, 0.5) is 5.82 Å². The summed E-state index contributed by atoms with van der Waals surface area (Å²) in [4.78, 5) is 12.8. The van der Waals surface area contributed by atoms with E-state index >= 15 is 0 Å². The first kappa shape index (κ1) is 14.2.